The Morgan fingerprint density at radius 2 is 1.00 bits per heavy atom. The Labute approximate surface area is 148 Å². The highest BCUT2D eigenvalue weighted by Crippen LogP contribution is 2.36. The van der Waals surface area contributed by atoms with Gasteiger partial charge < -0.3 is 26.6 Å². The number of rotatable bonds is 3. The molecule has 7 N–H and O–H groups in total. The van der Waals surface area contributed by atoms with Crippen LogP contribution in [0.2, 0.25) is 0 Å². The molecule has 0 heterocycles. The van der Waals surface area contributed by atoms with Gasteiger partial charge in [-0.1, -0.05) is 0 Å². The number of aliphatic hydroxyl groups is 3. The van der Waals surface area contributed by atoms with E-state index >= 15 is 0 Å². The average molecular weight is 384 g/mol. The Balaban J connectivity index is -0.000000205. The van der Waals surface area contributed by atoms with Crippen molar-refractivity contribution < 1.29 is 35.2 Å². The van der Waals surface area contributed by atoms with Crippen molar-refractivity contribution in [3.63, 3.8) is 0 Å². The van der Waals surface area contributed by atoms with E-state index in [2.05, 4.69) is 0 Å². The molecule has 0 radical (unpaired) electrons. The van der Waals surface area contributed by atoms with Gasteiger partial charge in [-0.25, -0.2) is 0 Å². The molecule has 1 rings (SSSR count). The predicted molar refractivity (Wildman–Crippen MR) is 90.1 cm³/mol. The van der Waals surface area contributed by atoms with Crippen molar-refractivity contribution in [3.8, 4) is 5.75 Å². The lowest BCUT2D eigenvalue weighted by Crippen LogP contribution is -2.04. The van der Waals surface area contributed by atoms with Gasteiger partial charge in [-0.3, -0.25) is 30.3 Å². The van der Waals surface area contributed by atoms with E-state index in [1.54, 1.807) is 20.8 Å². The van der Waals surface area contributed by atoms with Crippen molar-refractivity contribution >= 4 is 17.1 Å². The Hall–Kier alpha value is -2.94. The number of non-ortho nitro benzene ring substituents is 1. The normalized spacial score (nSPS) is 8.08. The monoisotopic (exact) mass is 384 g/mol. The summed E-state index contributed by atoms with van der Waals surface area (Å²) in [5, 5.41) is 64.8. The molecule has 14 heteroatoms. The first-order valence-corrected chi connectivity index (χ1v) is 6.70. The second-order valence-corrected chi connectivity index (χ2v) is 3.53. The third-order valence-electron chi connectivity index (χ3n) is 1.64. The first-order valence-electron chi connectivity index (χ1n) is 6.70. The number of benzene rings is 1. The van der Waals surface area contributed by atoms with Gasteiger partial charge in [0.15, 0.2) is 0 Å². The van der Waals surface area contributed by atoms with Gasteiger partial charge in [0.1, 0.15) is 0 Å². The van der Waals surface area contributed by atoms with Gasteiger partial charge in [0, 0.05) is 19.8 Å². The number of hydrogen-bond acceptors (Lipinski definition) is 10. The van der Waals surface area contributed by atoms with Crippen LogP contribution in [0.1, 0.15) is 20.8 Å². The summed E-state index contributed by atoms with van der Waals surface area (Å²) in [5.74, 6) is -1.46. The standard InChI is InChI=1S/C6H3N3O7.3C2H6O.H3N/c10-6-4(8(13)14)1-3(7(11)12)2-5(6)9(15)16;3*1-2-3;/h1-2,10H;3*3H,2H2,1H3;1H3. The third-order valence-corrected chi connectivity index (χ3v) is 1.64. The molecule has 0 unspecified atom stereocenters. The average Bonchev–Trinajstić information content (AvgIpc) is 2.49. The van der Waals surface area contributed by atoms with E-state index in [1.807, 2.05) is 0 Å². The fourth-order valence-corrected chi connectivity index (χ4v) is 0.961. The maximum absolute atomic E-state index is 11.1. The predicted octanol–water partition coefficient (Wildman–Crippen LogP) is 0.857. The highest BCUT2D eigenvalue weighted by molar-refractivity contribution is 5.63. The lowest BCUT2D eigenvalue weighted by atomic mass is 10.2. The van der Waals surface area contributed by atoms with E-state index in [9.17, 15) is 35.4 Å². The number of nitro groups is 3. The Morgan fingerprint density at radius 3 is 1.15 bits per heavy atom. The Bertz CT molecular complexity index is 513. The van der Waals surface area contributed by atoms with E-state index in [-0.39, 0.29) is 26.0 Å². The molecule has 1 aromatic rings. The highest BCUT2D eigenvalue weighted by Gasteiger charge is 2.24. The molecule has 1 aromatic carbocycles. The summed E-state index contributed by atoms with van der Waals surface area (Å²) in [7, 11) is 0. The van der Waals surface area contributed by atoms with E-state index in [0.717, 1.165) is 0 Å². The van der Waals surface area contributed by atoms with Crippen LogP contribution in [0.5, 0.6) is 5.75 Å². The maximum Gasteiger partial charge on any atom is 0.283 e. The van der Waals surface area contributed by atoms with E-state index < -0.39 is 37.6 Å². The minimum atomic E-state index is -1.46. The third kappa shape index (κ3) is 13.5. The number of nitrogens with zero attached hydrogens (tertiary/aromatic N) is 3. The summed E-state index contributed by atoms with van der Waals surface area (Å²) in [6, 6.07) is 0.769. The van der Waals surface area contributed by atoms with Crippen LogP contribution < -0.4 is 11.3 Å². The molecule has 0 fully saturated rings. The quantitative estimate of drug-likeness (QED) is 0.422. The number of hydrogen-bond donors (Lipinski definition) is 4. The molecule has 0 spiro atoms. The molecule has 0 atom stereocenters. The molecule has 0 bridgehead atoms. The molecule has 0 aliphatic heterocycles. The molecule has 14 nitrogen and oxygen atoms in total. The lowest BCUT2D eigenvalue weighted by molar-refractivity contribution is -0.420. The van der Waals surface area contributed by atoms with E-state index in [1.165, 1.54) is 0 Å². The van der Waals surface area contributed by atoms with Crippen LogP contribution in [-0.4, -0.2) is 49.9 Å². The van der Waals surface area contributed by atoms with Crippen LogP contribution in [0.25, 0.3) is 0 Å². The van der Waals surface area contributed by atoms with Crippen LogP contribution >= 0.6 is 0 Å². The molecule has 0 aliphatic carbocycles. The van der Waals surface area contributed by atoms with Gasteiger partial charge in [0.05, 0.1) is 32.7 Å². The summed E-state index contributed by atoms with van der Waals surface area (Å²) in [6.07, 6.45) is 0. The van der Waals surface area contributed by atoms with Gasteiger partial charge >= 0.3 is 0 Å². The molecule has 152 valence electrons. The summed E-state index contributed by atoms with van der Waals surface area (Å²) in [4.78, 5) is 27.5. The summed E-state index contributed by atoms with van der Waals surface area (Å²) < 4.78 is 0. The molecule has 0 aliphatic rings. The minimum absolute atomic E-state index is 0. The van der Waals surface area contributed by atoms with E-state index in [0.29, 0.717) is 12.1 Å². The molecule has 0 amide bonds. The first-order chi connectivity index (χ1) is 11.6. The molecular formula is C12H24N4O10. The Morgan fingerprint density at radius 1 is 0.769 bits per heavy atom. The number of nitro benzene ring substituents is 3. The summed E-state index contributed by atoms with van der Waals surface area (Å²) >= 11 is 0. The van der Waals surface area contributed by atoms with Crippen LogP contribution in [0.15, 0.2) is 12.1 Å². The fourth-order valence-electron chi connectivity index (χ4n) is 0.961. The molecule has 26 heavy (non-hydrogen) atoms. The zero-order valence-corrected chi connectivity index (χ0v) is 14.8. The van der Waals surface area contributed by atoms with Crippen LogP contribution in [0.3, 0.4) is 0 Å². The van der Waals surface area contributed by atoms with Crippen LogP contribution in [-0.2, 0) is 0 Å². The SMILES string of the molecule is CCO.CCO.CCO.O=[N+]([O-])c1cc([N+](=O)[O-])c([O-])c([N+](=O)[O-])c1.[NH4+]. The van der Waals surface area contributed by atoms with Gasteiger partial charge in [0.25, 0.3) is 17.1 Å². The number of aliphatic hydroxyl groups excluding tert-OH is 3. The number of quaternary nitrogens is 1. The van der Waals surface area contributed by atoms with Crippen molar-refractivity contribution in [2.75, 3.05) is 19.8 Å². The zero-order valence-electron chi connectivity index (χ0n) is 14.8. The smallest absolute Gasteiger partial charge is 0.283 e. The lowest BCUT2D eigenvalue weighted by Gasteiger charge is -2.06. The van der Waals surface area contributed by atoms with Crippen molar-refractivity contribution in [2.45, 2.75) is 20.8 Å². The van der Waals surface area contributed by atoms with Crippen molar-refractivity contribution in [1.82, 2.24) is 6.15 Å². The van der Waals surface area contributed by atoms with Gasteiger partial charge in [0.2, 0.25) is 0 Å². The van der Waals surface area contributed by atoms with Crippen molar-refractivity contribution in [2.24, 2.45) is 0 Å². The van der Waals surface area contributed by atoms with Crippen molar-refractivity contribution in [1.29, 1.82) is 0 Å². The zero-order chi connectivity index (χ0) is 20.6. The topological polar surface area (TPSA) is 250 Å². The second-order valence-electron chi connectivity index (χ2n) is 3.53. The van der Waals surface area contributed by atoms with Gasteiger partial charge in [-0.15, -0.1) is 0 Å². The minimum Gasteiger partial charge on any atom is -0.863 e. The maximum atomic E-state index is 11.1. The molecule has 0 saturated carbocycles. The van der Waals surface area contributed by atoms with Crippen LogP contribution in [0.4, 0.5) is 17.1 Å². The van der Waals surface area contributed by atoms with Crippen molar-refractivity contribution in [3.05, 3.63) is 42.5 Å². The van der Waals surface area contributed by atoms with Gasteiger partial charge in [-0.05, 0) is 20.8 Å². The fraction of sp³-hybridized carbons (Fsp3) is 0.500. The molecule has 0 aromatic heterocycles. The second kappa shape index (κ2) is 18.4. The molecule has 0 saturated heterocycles. The summed E-state index contributed by atoms with van der Waals surface area (Å²) in [5.41, 5.74) is -3.26. The summed E-state index contributed by atoms with van der Waals surface area (Å²) in [6.45, 7) is 5.79. The Kier molecular flexibility index (Phi) is 21.9. The van der Waals surface area contributed by atoms with Gasteiger partial charge in [-0.2, -0.15) is 0 Å². The van der Waals surface area contributed by atoms with E-state index in [4.69, 9.17) is 15.3 Å². The molecular weight excluding hydrogens is 360 g/mol. The largest absolute Gasteiger partial charge is 0.863 e. The first kappa shape index (κ1) is 30.9. The van der Waals surface area contributed by atoms with Crippen LogP contribution in [0, 0.1) is 30.3 Å². The highest BCUT2D eigenvalue weighted by atomic mass is 16.6.